The number of carbonyl (C=O) groups is 1. The first-order valence-corrected chi connectivity index (χ1v) is 33.6. The van der Waals surface area contributed by atoms with E-state index in [1.165, 1.54) is 12.1 Å². The van der Waals surface area contributed by atoms with Gasteiger partial charge in [0.25, 0.3) is 0 Å². The van der Waals surface area contributed by atoms with Gasteiger partial charge in [0.1, 0.15) is 12.0 Å². The van der Waals surface area contributed by atoms with E-state index in [2.05, 4.69) is 23.7 Å². The standard InChI is InChI=1S/C54H64N6O15S5.2K/c1-53(2)46-36-42(19-17-40-21-25-44(26-22-40)59(76(5,63)64)31-12-34-79(70,71)72)38-57(29-9-7-8-16-50(61)62)51(46)55-48(53)14-10-15-49-54(3,4)47-37-43(39-58(52(47)56-49)30-11-33-78(67,68)69)20-18-41-23-27-45(28-24-41)60(77(6,65)66)32-13-35-80(73,74)75;;/h10,14-15,21-28,36-39H,7-9,11-13,16,29-35H2,1-6H3,(H3-,61,62,67,68,69,70,71,72,73,74,75);;/q;2*+1/p-2. The summed E-state index contributed by atoms with van der Waals surface area (Å²) >= 11 is 0. The van der Waals surface area contributed by atoms with Gasteiger partial charge in [-0.05, 0) is 124 Å². The van der Waals surface area contributed by atoms with Crippen molar-refractivity contribution in [2.24, 2.45) is 15.4 Å². The van der Waals surface area contributed by atoms with Crippen LogP contribution in [0.3, 0.4) is 0 Å². The van der Waals surface area contributed by atoms with Crippen molar-refractivity contribution in [2.75, 3.05) is 58.0 Å². The minimum absolute atomic E-state index is 0. The Bertz CT molecular complexity index is 3820. The number of sulfonamides is 2. The Morgan fingerprint density at radius 2 is 1.17 bits per heavy atom. The summed E-state index contributed by atoms with van der Waals surface area (Å²) < 4.78 is 156. The largest absolute Gasteiger partial charge is 1.00 e. The number of aromatic nitrogens is 1. The number of unbranched alkanes of at least 4 members (excludes halogenated alkanes) is 2. The molecule has 1 aromatic heterocycles. The van der Waals surface area contributed by atoms with Crippen LogP contribution in [0.1, 0.15) is 94.9 Å². The molecule has 0 unspecified atom stereocenters. The Kier molecular flexibility index (Phi) is 25.6. The van der Waals surface area contributed by atoms with Crippen molar-refractivity contribution < 1.29 is 173 Å². The summed E-state index contributed by atoms with van der Waals surface area (Å²) in [6.07, 6.45) is 14.6. The van der Waals surface area contributed by atoms with Crippen molar-refractivity contribution in [3.63, 3.8) is 0 Å². The van der Waals surface area contributed by atoms with Crippen LogP contribution in [0.4, 0.5) is 17.2 Å². The second kappa shape index (κ2) is 29.5. The fourth-order valence-corrected chi connectivity index (χ4v) is 12.4. The molecule has 0 amide bonds. The number of carboxylic acid groups (broad SMARTS) is 1. The average Bonchev–Trinajstić information content (AvgIpc) is 3.97. The fourth-order valence-electron chi connectivity index (χ4n) is 9.03. The van der Waals surface area contributed by atoms with Crippen LogP contribution in [-0.2, 0) is 67.2 Å². The molecule has 430 valence electrons. The molecule has 3 aliphatic rings. The average molecular weight is 1270 g/mol. The van der Waals surface area contributed by atoms with Crippen molar-refractivity contribution in [1.82, 2.24) is 4.90 Å². The number of carboxylic acids is 1. The van der Waals surface area contributed by atoms with Crippen LogP contribution in [0.25, 0.3) is 0 Å². The van der Waals surface area contributed by atoms with E-state index in [0.717, 1.165) is 38.0 Å². The molecule has 0 bridgehead atoms. The zero-order chi connectivity index (χ0) is 59.1. The molecule has 0 aliphatic carbocycles. The molecule has 0 atom stereocenters. The molecule has 0 spiro atoms. The Labute approximate surface area is 567 Å². The maximum absolute atomic E-state index is 12.6. The van der Waals surface area contributed by atoms with Crippen molar-refractivity contribution in [2.45, 2.75) is 84.6 Å². The van der Waals surface area contributed by atoms with Crippen LogP contribution in [0.2, 0.25) is 0 Å². The third-order valence-corrected chi connectivity index (χ3v) is 18.0. The van der Waals surface area contributed by atoms with E-state index in [9.17, 15) is 65.6 Å². The van der Waals surface area contributed by atoms with Crippen molar-refractivity contribution in [1.29, 1.82) is 0 Å². The summed E-state index contributed by atoms with van der Waals surface area (Å²) in [5.74, 6) is 10.9. The zero-order valence-corrected chi connectivity index (χ0v) is 57.3. The minimum atomic E-state index is -4.54. The van der Waals surface area contributed by atoms with Gasteiger partial charge >= 0.3 is 115 Å². The molecular weight excluding hydrogens is 1210 g/mol. The van der Waals surface area contributed by atoms with E-state index in [-0.39, 0.29) is 159 Å². The van der Waals surface area contributed by atoms with Crippen LogP contribution >= 0.6 is 0 Å². The summed E-state index contributed by atoms with van der Waals surface area (Å²) in [6.45, 7) is 8.22. The number of nitrogens with zero attached hydrogens (tertiary/aromatic N) is 6. The molecule has 3 aromatic rings. The molecule has 2 aromatic carbocycles. The topological polar surface area (TPSA) is 315 Å². The van der Waals surface area contributed by atoms with Gasteiger partial charge in [-0.15, -0.1) is 0 Å². The molecule has 0 saturated heterocycles. The summed E-state index contributed by atoms with van der Waals surface area (Å²) in [7, 11) is -21.2. The number of amidine groups is 1. The van der Waals surface area contributed by atoms with Crippen LogP contribution in [0.5, 0.6) is 0 Å². The zero-order valence-electron chi connectivity index (χ0n) is 46.9. The van der Waals surface area contributed by atoms with E-state index in [1.807, 2.05) is 69.2 Å². The number of aliphatic carboxylic acids is 1. The fraction of sp³-hybridized carbons (Fsp3) is 0.407. The number of allylic oxidation sites excluding steroid dienone is 6. The number of fused-ring (bicyclic) bond motifs is 2. The third kappa shape index (κ3) is 20.7. The van der Waals surface area contributed by atoms with Crippen LogP contribution in [-0.4, -0.2) is 133 Å². The van der Waals surface area contributed by atoms with Crippen molar-refractivity contribution in [3.05, 3.63) is 130 Å². The van der Waals surface area contributed by atoms with Crippen LogP contribution in [0, 0.1) is 29.1 Å². The van der Waals surface area contributed by atoms with Crippen LogP contribution < -0.4 is 116 Å². The molecule has 0 saturated carbocycles. The van der Waals surface area contributed by atoms with Crippen molar-refractivity contribution >= 4 is 85.1 Å². The molecule has 3 aliphatic heterocycles. The number of pyridine rings is 1. The Morgan fingerprint density at radius 1 is 0.671 bits per heavy atom. The molecular formula is C54H62K2N6O15S5. The van der Waals surface area contributed by atoms with Gasteiger partial charge in [0.05, 0.1) is 83.0 Å². The van der Waals surface area contributed by atoms with E-state index < -0.39 is 84.5 Å². The first-order chi connectivity index (χ1) is 37.1. The molecule has 6 rings (SSSR count). The number of hydrogen-bond donors (Lipinski definition) is 1. The second-order valence-corrected chi connectivity index (χ2v) is 28.8. The summed E-state index contributed by atoms with van der Waals surface area (Å²) in [5, 5.41) is 9.21. The van der Waals surface area contributed by atoms with Crippen molar-refractivity contribution in [3.8, 4) is 23.7 Å². The van der Waals surface area contributed by atoms with E-state index in [0.29, 0.717) is 65.4 Å². The normalized spacial score (nSPS) is 16.0. The Balaban J connectivity index is 0.00000722. The number of rotatable bonds is 24. The first kappa shape index (κ1) is 71.3. The van der Waals surface area contributed by atoms with Gasteiger partial charge < -0.3 is 23.7 Å². The minimum Gasteiger partial charge on any atom is -0.748 e. The van der Waals surface area contributed by atoms with E-state index >= 15 is 0 Å². The van der Waals surface area contributed by atoms with E-state index in [1.54, 1.807) is 47.2 Å². The van der Waals surface area contributed by atoms with Gasteiger partial charge in [0.15, 0.2) is 5.71 Å². The molecule has 0 fully saturated rings. The predicted octanol–water partition coefficient (Wildman–Crippen LogP) is -1.22. The maximum atomic E-state index is 12.6. The third-order valence-electron chi connectivity index (χ3n) is 13.2. The van der Waals surface area contributed by atoms with Gasteiger partial charge in [-0.1, -0.05) is 50.0 Å². The quantitative estimate of drug-likeness (QED) is 0.0361. The number of aryl methyl sites for hydroxylation is 1. The summed E-state index contributed by atoms with van der Waals surface area (Å²) in [4.78, 5) is 23.4. The molecule has 0 radical (unpaired) electrons. The maximum Gasteiger partial charge on any atom is 1.00 e. The number of anilines is 2. The Hall–Kier alpha value is -3.22. The number of aliphatic imine (C=N–C) groups is 2. The molecule has 4 heterocycles. The van der Waals surface area contributed by atoms with Gasteiger partial charge in [0.2, 0.25) is 20.0 Å². The second-order valence-electron chi connectivity index (χ2n) is 20.4. The van der Waals surface area contributed by atoms with E-state index in [4.69, 9.17) is 9.98 Å². The van der Waals surface area contributed by atoms with Gasteiger partial charge in [0, 0.05) is 77.2 Å². The summed E-state index contributed by atoms with van der Waals surface area (Å²) in [6, 6.07) is 14.5. The van der Waals surface area contributed by atoms with Gasteiger partial charge in [-0.2, -0.15) is 0 Å². The predicted molar refractivity (Wildman–Crippen MR) is 302 cm³/mol. The Morgan fingerprint density at radius 3 is 1.67 bits per heavy atom. The van der Waals surface area contributed by atoms with Crippen LogP contribution in [0.15, 0.2) is 118 Å². The SMILES string of the molecule is CC1(C)C2=CC(C#Cc3ccc(N(CCCS(=O)(=O)[O-])S(C)(=O)=O)cc3)=CN(CCCCCC(=O)O)C2=N/C1=C\C=C\C1=Nc2c(cc(C#Cc3ccc(N(CCCS(=O)(=O)[O-])S(C)(=O)=O)cc3)c[n+]2CCCS(=O)(=O)[O-])C1(C)C.[K+].[K+]. The molecule has 82 heavy (non-hydrogen) atoms. The van der Waals surface area contributed by atoms with Gasteiger partial charge in [-0.3, -0.25) is 13.4 Å². The molecule has 28 heteroatoms. The first-order valence-electron chi connectivity index (χ1n) is 25.2. The number of benzene rings is 2. The molecule has 1 N–H and O–H groups in total. The smallest absolute Gasteiger partial charge is 0.748 e. The number of hydrogen-bond acceptors (Lipinski definition) is 17. The summed E-state index contributed by atoms with van der Waals surface area (Å²) in [5.41, 5.74) is 4.46. The monoisotopic (exact) mass is 1270 g/mol. The van der Waals surface area contributed by atoms with Gasteiger partial charge in [-0.25, -0.2) is 51.6 Å². The molecule has 21 nitrogen and oxygen atoms in total.